The summed E-state index contributed by atoms with van der Waals surface area (Å²) < 4.78 is 14.1. The fourth-order valence-corrected chi connectivity index (χ4v) is 0. The molecule has 0 aliphatic rings. The smallest absolute Gasteiger partial charge is 0.565 e. The summed E-state index contributed by atoms with van der Waals surface area (Å²) in [5, 5.41) is 15.3. The van der Waals surface area contributed by atoms with Gasteiger partial charge in [-0.25, -0.2) is 0 Å². The molecule has 3 N–H and O–H groups in total. The van der Waals surface area contributed by atoms with Crippen LogP contribution in [0.4, 0.5) is 4.79 Å². The predicted molar refractivity (Wildman–Crippen MR) is 20.9 cm³/mol. The normalized spacial score (nSPS) is 5.25. The quantitative estimate of drug-likeness (QED) is 0.245. The summed E-state index contributed by atoms with van der Waals surface area (Å²) in [6.45, 7) is 0. The van der Waals surface area contributed by atoms with Crippen molar-refractivity contribution in [1.29, 1.82) is 0 Å². The Morgan fingerprint density at radius 2 is 1.50 bits per heavy atom. The van der Waals surface area contributed by atoms with Crippen LogP contribution in [0.1, 0.15) is 0 Å². The molecule has 0 fully saturated rings. The number of carbonyl (C=O) groups is 1. The second-order valence-corrected chi connectivity index (χ2v) is 0.511. The van der Waals surface area contributed by atoms with Crippen LogP contribution in [0.3, 0.4) is 0 Å². The van der Waals surface area contributed by atoms with Gasteiger partial charge < -0.3 is 24.1 Å². The van der Waals surface area contributed by atoms with E-state index in [1.54, 1.807) is 0 Å². The van der Waals surface area contributed by atoms with Gasteiger partial charge in [0.2, 0.25) is 6.16 Å². The van der Waals surface area contributed by atoms with E-state index in [1.807, 2.05) is 0 Å². The van der Waals surface area contributed by atoms with E-state index < -0.39 is 6.16 Å². The van der Waals surface area contributed by atoms with E-state index in [1.165, 1.54) is 0 Å². The van der Waals surface area contributed by atoms with E-state index in [9.17, 15) is 0 Å². The van der Waals surface area contributed by atoms with Crippen molar-refractivity contribution in [3.63, 3.8) is 0 Å². The summed E-state index contributed by atoms with van der Waals surface area (Å²) in [7, 11) is 0. The zero-order valence-corrected chi connectivity index (χ0v) is 6.88. The summed E-state index contributed by atoms with van der Waals surface area (Å²) >= 11 is -0.250. The maximum absolute atomic E-state index is 8.44. The van der Waals surface area contributed by atoms with Gasteiger partial charge in [0, 0.05) is 0 Å². The van der Waals surface area contributed by atoms with Crippen molar-refractivity contribution in [2.24, 2.45) is 0 Å². The van der Waals surface area contributed by atoms with Crippen LogP contribution in [0.25, 0.3) is 0 Å². The van der Waals surface area contributed by atoms with Crippen LogP contribution in [0, 0.1) is 0 Å². The van der Waals surface area contributed by atoms with Crippen LogP contribution >= 0.6 is 12.3 Å². The Labute approximate surface area is 72.0 Å². The molecule has 0 rings (SSSR count). The molecule has 0 bridgehead atoms. The van der Waals surface area contributed by atoms with Gasteiger partial charge in [0.1, 0.15) is 0 Å². The molecule has 0 aliphatic carbocycles. The number of hydrogen-bond donors (Lipinski definition) is 3. The van der Waals surface area contributed by atoms with E-state index in [2.05, 4.69) is 0 Å². The van der Waals surface area contributed by atoms with Crippen molar-refractivity contribution >= 4 is 18.5 Å². The van der Waals surface area contributed by atoms with Crippen LogP contribution in [-0.4, -0.2) is 20.4 Å². The van der Waals surface area contributed by atoms with Crippen molar-refractivity contribution in [3.8, 4) is 0 Å². The summed E-state index contributed by atoms with van der Waals surface area (Å²) in [6, 6.07) is 0. The van der Waals surface area contributed by atoms with Crippen LogP contribution in [0.2, 0.25) is 0 Å². The van der Waals surface area contributed by atoms with Gasteiger partial charge in [0.15, 0.2) is 12.3 Å². The van der Waals surface area contributed by atoms with Crippen LogP contribution in [-0.2, 0) is 0 Å². The van der Waals surface area contributed by atoms with Gasteiger partial charge in [-0.05, 0) is 0 Å². The molecule has 0 aromatic rings. The van der Waals surface area contributed by atoms with E-state index in [0.29, 0.717) is 0 Å². The molecule has 0 aromatic heterocycles. The topological polar surface area (TPSA) is 101 Å². The van der Waals surface area contributed by atoms with Crippen molar-refractivity contribution in [2.75, 3.05) is 0 Å². The molecule has 8 heavy (non-hydrogen) atoms. The third-order valence-electron chi connectivity index (χ3n) is 0. The maximum Gasteiger partial charge on any atom is 1.00 e. The second kappa shape index (κ2) is 15.6. The van der Waals surface area contributed by atoms with Crippen LogP contribution in [0.5, 0.6) is 0 Å². The molecule has 0 saturated carbocycles. The molecule has 0 amide bonds. The van der Waals surface area contributed by atoms with Gasteiger partial charge in [0.05, 0.1) is 0 Å². The Kier molecular flexibility index (Phi) is 30.9. The molecule has 5 nitrogen and oxygen atoms in total. The molecule has 0 unspecified atom stereocenters. The first kappa shape index (κ1) is 15.8. The monoisotopic (exact) mass is 150 g/mol. The molecular weight excluding hydrogens is 147 g/mol. The minimum Gasteiger partial charge on any atom is -0.565 e. The molecule has 0 atom stereocenters. The summed E-state index contributed by atoms with van der Waals surface area (Å²) in [5.74, 6) is 0. The van der Waals surface area contributed by atoms with Gasteiger partial charge in [-0.3, -0.25) is 0 Å². The second-order valence-electron chi connectivity index (χ2n) is 0.348. The molecule has 0 aliphatic heterocycles. The summed E-state index contributed by atoms with van der Waals surface area (Å²) in [5.41, 5.74) is 0. The molecule has 0 saturated heterocycles. The molecule has 0 heterocycles. The Balaban J connectivity index is -0.0000000575. The summed E-state index contributed by atoms with van der Waals surface area (Å²) in [4.78, 5) is 8.44. The van der Waals surface area contributed by atoms with Gasteiger partial charge in [-0.2, -0.15) is 0 Å². The number of carboxylic acid groups (broad SMARTS) is 2. The van der Waals surface area contributed by atoms with E-state index in [4.69, 9.17) is 24.1 Å². The van der Waals surface area contributed by atoms with Crippen LogP contribution in [0.15, 0.2) is 0 Å². The van der Waals surface area contributed by atoms with Crippen molar-refractivity contribution in [3.05, 3.63) is 0 Å². The van der Waals surface area contributed by atoms with Gasteiger partial charge in [0.25, 0.3) is 0 Å². The minimum absolute atomic E-state index is 0. The number of hydrogen-bond acceptors (Lipinski definition) is 5. The van der Waals surface area contributed by atoms with Crippen molar-refractivity contribution < 1.29 is 53.7 Å². The van der Waals surface area contributed by atoms with Gasteiger partial charge in [-0.1, -0.05) is 0 Å². The van der Waals surface area contributed by atoms with Gasteiger partial charge in [-0.15, -0.1) is 0 Å². The third-order valence-corrected chi connectivity index (χ3v) is 0. The number of rotatable bonds is 0. The molecule has 7 heteroatoms. The largest absolute Gasteiger partial charge is 1.00 e. The fourth-order valence-electron chi connectivity index (χ4n) is 0. The van der Waals surface area contributed by atoms with Crippen molar-refractivity contribution in [1.82, 2.24) is 0 Å². The van der Waals surface area contributed by atoms with Crippen LogP contribution < -0.4 is 34.7 Å². The predicted octanol–water partition coefficient (Wildman–Crippen LogP) is -3.44. The first-order chi connectivity index (χ1) is 3.15. The maximum atomic E-state index is 8.44. The zero-order valence-electron chi connectivity index (χ0n) is 4.07. The molecule has 0 radical (unpaired) electrons. The van der Waals surface area contributed by atoms with E-state index >= 15 is 0 Å². The molecular formula is CH3NaO5S. The van der Waals surface area contributed by atoms with E-state index in [0.717, 1.165) is 0 Å². The van der Waals surface area contributed by atoms with Gasteiger partial charge >= 0.3 is 29.6 Å². The Morgan fingerprint density at radius 3 is 1.50 bits per heavy atom. The standard InChI is InChI=1S/CH2O3.Na.H2O2S/c2-1(3)4;;1-3-2/h(H2,2,3,4);;1-2H/q;+1;/p-1. The van der Waals surface area contributed by atoms with Crippen molar-refractivity contribution in [2.45, 2.75) is 0 Å². The Hall–Kier alpha value is 0.540. The molecule has 0 spiro atoms. The first-order valence-corrected chi connectivity index (χ1v) is 1.73. The fraction of sp³-hybridized carbons (Fsp3) is 0. The average Bonchev–Trinajstić information content (AvgIpc) is 1.33. The zero-order chi connectivity index (χ0) is 6.28. The molecule has 0 aromatic carbocycles. The minimum atomic E-state index is -2.08. The average molecular weight is 150 g/mol. The summed E-state index contributed by atoms with van der Waals surface area (Å²) in [6.07, 6.45) is -2.08. The Bertz CT molecular complexity index is 43.7. The SMILES string of the molecule is O=C([O-])O.OSO.[Na+]. The first-order valence-electron chi connectivity index (χ1n) is 0.997. The van der Waals surface area contributed by atoms with E-state index in [-0.39, 0.29) is 41.9 Å². The Morgan fingerprint density at radius 1 is 1.50 bits per heavy atom. The third kappa shape index (κ3) is 688. The molecule has 44 valence electrons.